The summed E-state index contributed by atoms with van der Waals surface area (Å²) >= 11 is 6.75. The van der Waals surface area contributed by atoms with E-state index in [2.05, 4.69) is 14.9 Å². The Kier molecular flexibility index (Phi) is 2.01. The molecule has 2 aliphatic heterocycles. The van der Waals surface area contributed by atoms with Crippen LogP contribution >= 0.6 is 11.6 Å². The van der Waals surface area contributed by atoms with Gasteiger partial charge in [0.1, 0.15) is 4.87 Å². The van der Waals surface area contributed by atoms with Gasteiger partial charge in [0.25, 0.3) is 0 Å². The Morgan fingerprint density at radius 2 is 2.27 bits per heavy atom. The molecule has 3 unspecified atom stereocenters. The van der Waals surface area contributed by atoms with Crippen LogP contribution in [0.4, 0.5) is 0 Å². The molecule has 2 aliphatic rings. The summed E-state index contributed by atoms with van der Waals surface area (Å²) in [5.41, 5.74) is 1.96. The van der Waals surface area contributed by atoms with Gasteiger partial charge in [0, 0.05) is 25.5 Å². The van der Waals surface area contributed by atoms with E-state index in [0.717, 1.165) is 24.5 Å². The number of nitrogens with zero attached hydrogens (tertiary/aromatic N) is 3. The summed E-state index contributed by atoms with van der Waals surface area (Å²) in [7, 11) is 0. The molecule has 0 aromatic carbocycles. The highest BCUT2D eigenvalue weighted by molar-refractivity contribution is 6.24. The van der Waals surface area contributed by atoms with E-state index in [-0.39, 0.29) is 4.87 Å². The number of halogens is 1. The molecule has 0 radical (unpaired) electrons. The minimum atomic E-state index is -0.281. The van der Waals surface area contributed by atoms with E-state index in [1.165, 1.54) is 13.0 Å². The van der Waals surface area contributed by atoms with Gasteiger partial charge in [0.05, 0.1) is 11.4 Å². The molecule has 0 spiro atoms. The summed E-state index contributed by atoms with van der Waals surface area (Å²) in [6, 6.07) is 0. The van der Waals surface area contributed by atoms with E-state index in [9.17, 15) is 0 Å². The van der Waals surface area contributed by atoms with E-state index in [0.29, 0.717) is 5.92 Å². The Labute approximate surface area is 94.5 Å². The zero-order chi connectivity index (χ0) is 10.5. The summed E-state index contributed by atoms with van der Waals surface area (Å²) in [6.45, 7) is 5.24. The Bertz CT molecular complexity index is 395. The lowest BCUT2D eigenvalue weighted by Crippen LogP contribution is -2.36. The first-order valence-corrected chi connectivity index (χ1v) is 5.77. The van der Waals surface area contributed by atoms with Crippen molar-refractivity contribution in [3.63, 3.8) is 0 Å². The molecule has 2 saturated heterocycles. The lowest BCUT2D eigenvalue weighted by molar-refractivity contribution is 0.319. The van der Waals surface area contributed by atoms with E-state index < -0.39 is 0 Å². The molecular weight excluding hydrogens is 210 g/mol. The fourth-order valence-electron chi connectivity index (χ4n) is 2.89. The lowest BCUT2D eigenvalue weighted by atomic mass is 9.87. The van der Waals surface area contributed by atoms with Gasteiger partial charge in [-0.1, -0.05) is 0 Å². The molecule has 80 valence electrons. The summed E-state index contributed by atoms with van der Waals surface area (Å²) < 4.78 is 0. The van der Waals surface area contributed by atoms with Crippen molar-refractivity contribution in [3.8, 4) is 0 Å². The molecule has 3 heterocycles. The maximum Gasteiger partial charge on any atom is 0.105 e. The molecule has 15 heavy (non-hydrogen) atoms. The normalized spacial score (nSPS) is 38.5. The molecule has 3 nitrogen and oxygen atoms in total. The predicted octanol–water partition coefficient (Wildman–Crippen LogP) is 1.55. The summed E-state index contributed by atoms with van der Waals surface area (Å²) in [5, 5.41) is 0. The molecular formula is C11H14ClN3. The Morgan fingerprint density at radius 1 is 1.47 bits per heavy atom. The number of rotatable bonds is 1. The SMILES string of the molecule is Cc1nccnc1C1(Cl)CN2CCC1C2. The van der Waals surface area contributed by atoms with E-state index in [1.54, 1.807) is 12.4 Å². The topological polar surface area (TPSA) is 29.0 Å². The molecule has 2 fully saturated rings. The molecule has 2 bridgehead atoms. The van der Waals surface area contributed by atoms with Crippen LogP contribution < -0.4 is 0 Å². The quantitative estimate of drug-likeness (QED) is 0.677. The lowest BCUT2D eigenvalue weighted by Gasteiger charge is -2.31. The second kappa shape index (κ2) is 3.16. The highest BCUT2D eigenvalue weighted by atomic mass is 35.5. The van der Waals surface area contributed by atoms with Gasteiger partial charge in [-0.25, -0.2) is 0 Å². The molecule has 3 atom stereocenters. The zero-order valence-corrected chi connectivity index (χ0v) is 9.54. The van der Waals surface area contributed by atoms with Crippen molar-refractivity contribution in [2.45, 2.75) is 18.2 Å². The predicted molar refractivity (Wildman–Crippen MR) is 58.8 cm³/mol. The fraction of sp³-hybridized carbons (Fsp3) is 0.636. The van der Waals surface area contributed by atoms with E-state index >= 15 is 0 Å². The Hall–Kier alpha value is -0.670. The number of alkyl halides is 1. The summed E-state index contributed by atoms with van der Waals surface area (Å²) in [4.78, 5) is 10.9. The standard InChI is InChI=1S/C11H14ClN3/c1-8-10(14-4-3-13-8)11(12)7-15-5-2-9(11)6-15/h3-4,9H,2,5-7H2,1H3. The number of piperidine rings is 1. The average Bonchev–Trinajstić information content (AvgIpc) is 2.78. The zero-order valence-electron chi connectivity index (χ0n) is 8.78. The molecule has 0 saturated carbocycles. The van der Waals surface area contributed by atoms with Crippen molar-refractivity contribution in [1.29, 1.82) is 0 Å². The third-order valence-corrected chi connectivity index (χ3v) is 4.26. The second-order valence-electron chi connectivity index (χ2n) is 4.57. The molecule has 4 heteroatoms. The largest absolute Gasteiger partial charge is 0.301 e. The molecule has 0 N–H and O–H groups in total. The fourth-order valence-corrected chi connectivity index (χ4v) is 3.42. The minimum absolute atomic E-state index is 0.281. The number of fused-ring (bicyclic) bond motifs is 2. The van der Waals surface area contributed by atoms with Crippen LogP contribution in [0.5, 0.6) is 0 Å². The van der Waals surface area contributed by atoms with E-state index in [4.69, 9.17) is 11.6 Å². The number of aryl methyl sites for hydroxylation is 1. The molecule has 0 amide bonds. The van der Waals surface area contributed by atoms with Crippen molar-refractivity contribution in [2.24, 2.45) is 5.92 Å². The second-order valence-corrected chi connectivity index (χ2v) is 5.25. The number of hydrogen-bond acceptors (Lipinski definition) is 3. The maximum atomic E-state index is 6.75. The molecule has 1 aromatic rings. The van der Waals surface area contributed by atoms with Crippen LogP contribution in [-0.2, 0) is 4.87 Å². The van der Waals surface area contributed by atoms with Crippen LogP contribution in [0, 0.1) is 12.8 Å². The van der Waals surface area contributed by atoms with Crippen LogP contribution in [-0.4, -0.2) is 34.5 Å². The molecule has 1 aromatic heterocycles. The highest BCUT2D eigenvalue weighted by Crippen LogP contribution is 2.48. The average molecular weight is 224 g/mol. The first kappa shape index (κ1) is 9.55. The third-order valence-electron chi connectivity index (χ3n) is 3.65. The van der Waals surface area contributed by atoms with Crippen LogP contribution in [0.2, 0.25) is 0 Å². The minimum Gasteiger partial charge on any atom is -0.301 e. The monoisotopic (exact) mass is 223 g/mol. The maximum absolute atomic E-state index is 6.75. The van der Waals surface area contributed by atoms with Crippen molar-refractivity contribution in [3.05, 3.63) is 23.8 Å². The summed E-state index contributed by atoms with van der Waals surface area (Å²) in [6.07, 6.45) is 4.67. The molecule has 0 aliphatic carbocycles. The first-order chi connectivity index (χ1) is 7.20. The van der Waals surface area contributed by atoms with Crippen LogP contribution in [0.3, 0.4) is 0 Å². The number of aromatic nitrogens is 2. The van der Waals surface area contributed by atoms with Gasteiger partial charge in [-0.3, -0.25) is 9.97 Å². The van der Waals surface area contributed by atoms with Crippen molar-refractivity contribution < 1.29 is 0 Å². The highest BCUT2D eigenvalue weighted by Gasteiger charge is 2.51. The first-order valence-electron chi connectivity index (χ1n) is 5.39. The van der Waals surface area contributed by atoms with Gasteiger partial charge in [0.2, 0.25) is 0 Å². The van der Waals surface area contributed by atoms with Crippen molar-refractivity contribution >= 4 is 11.6 Å². The van der Waals surface area contributed by atoms with Crippen molar-refractivity contribution in [1.82, 2.24) is 14.9 Å². The van der Waals surface area contributed by atoms with Crippen LogP contribution in [0.1, 0.15) is 17.8 Å². The van der Waals surface area contributed by atoms with Gasteiger partial charge >= 0.3 is 0 Å². The van der Waals surface area contributed by atoms with Gasteiger partial charge in [-0.15, -0.1) is 11.6 Å². The van der Waals surface area contributed by atoms with Gasteiger partial charge in [-0.05, 0) is 25.8 Å². The third kappa shape index (κ3) is 1.30. The summed E-state index contributed by atoms with van der Waals surface area (Å²) in [5.74, 6) is 0.551. The van der Waals surface area contributed by atoms with Gasteiger partial charge in [-0.2, -0.15) is 0 Å². The Balaban J connectivity index is 2.04. The number of hydrogen-bond donors (Lipinski definition) is 0. The van der Waals surface area contributed by atoms with Crippen LogP contribution in [0.25, 0.3) is 0 Å². The Morgan fingerprint density at radius 3 is 2.87 bits per heavy atom. The van der Waals surface area contributed by atoms with Gasteiger partial charge in [0.15, 0.2) is 0 Å². The smallest absolute Gasteiger partial charge is 0.105 e. The van der Waals surface area contributed by atoms with Crippen molar-refractivity contribution in [2.75, 3.05) is 19.6 Å². The molecule has 3 rings (SSSR count). The van der Waals surface area contributed by atoms with Crippen LogP contribution in [0.15, 0.2) is 12.4 Å². The van der Waals surface area contributed by atoms with E-state index in [1.807, 2.05) is 6.92 Å². The van der Waals surface area contributed by atoms with Gasteiger partial charge < -0.3 is 4.90 Å².